The highest BCUT2D eigenvalue weighted by atomic mass is 32.2. The van der Waals surface area contributed by atoms with Crippen LogP contribution in [0.4, 0.5) is 0 Å². The van der Waals surface area contributed by atoms with Crippen LogP contribution < -0.4 is 5.32 Å². The van der Waals surface area contributed by atoms with Crippen molar-refractivity contribution in [3.63, 3.8) is 0 Å². The van der Waals surface area contributed by atoms with Gasteiger partial charge in [-0.3, -0.25) is 4.79 Å². The molecule has 0 aromatic carbocycles. The zero-order chi connectivity index (χ0) is 13.7. The van der Waals surface area contributed by atoms with Crippen LogP contribution in [0.15, 0.2) is 22.7 Å². The molecule has 1 amide bonds. The number of carbonyl (C=O) groups excluding carboxylic acids is 1. The van der Waals surface area contributed by atoms with Gasteiger partial charge < -0.3 is 5.32 Å². The van der Waals surface area contributed by atoms with Gasteiger partial charge in [0.1, 0.15) is 0 Å². The summed E-state index contributed by atoms with van der Waals surface area (Å²) in [5.74, 6) is 0.314. The molecule has 8 heteroatoms. The van der Waals surface area contributed by atoms with Gasteiger partial charge in [0.2, 0.25) is 11.1 Å². The third kappa shape index (κ3) is 4.32. The molecule has 0 saturated carbocycles. The SMILES string of the molecule is CC(C)NC(=O)CSc1nnnn1Cc1cccs1. The molecule has 0 radical (unpaired) electrons. The first-order valence-electron chi connectivity index (χ1n) is 5.86. The normalized spacial score (nSPS) is 10.9. The van der Waals surface area contributed by atoms with E-state index in [0.717, 1.165) is 0 Å². The molecule has 2 rings (SSSR count). The average molecular weight is 297 g/mol. The van der Waals surface area contributed by atoms with Crippen molar-refractivity contribution in [2.24, 2.45) is 0 Å². The van der Waals surface area contributed by atoms with E-state index in [1.807, 2.05) is 31.4 Å². The van der Waals surface area contributed by atoms with Gasteiger partial charge in [-0.15, -0.1) is 16.4 Å². The Kier molecular flexibility index (Phi) is 4.92. The summed E-state index contributed by atoms with van der Waals surface area (Å²) in [6.45, 7) is 4.51. The number of hydrogen-bond donors (Lipinski definition) is 1. The van der Waals surface area contributed by atoms with Crippen molar-refractivity contribution in [2.45, 2.75) is 31.6 Å². The lowest BCUT2D eigenvalue weighted by Gasteiger charge is -2.07. The molecule has 0 spiro atoms. The summed E-state index contributed by atoms with van der Waals surface area (Å²) in [6, 6.07) is 4.18. The maximum Gasteiger partial charge on any atom is 0.230 e. The number of nitrogens with zero attached hydrogens (tertiary/aromatic N) is 4. The van der Waals surface area contributed by atoms with Gasteiger partial charge >= 0.3 is 0 Å². The quantitative estimate of drug-likeness (QED) is 0.816. The van der Waals surface area contributed by atoms with Crippen LogP contribution in [0, 0.1) is 0 Å². The van der Waals surface area contributed by atoms with Crippen molar-refractivity contribution in [1.29, 1.82) is 0 Å². The van der Waals surface area contributed by atoms with E-state index in [-0.39, 0.29) is 11.9 Å². The second-order valence-electron chi connectivity index (χ2n) is 4.21. The molecule has 0 atom stereocenters. The van der Waals surface area contributed by atoms with Crippen LogP contribution in [0.5, 0.6) is 0 Å². The summed E-state index contributed by atoms with van der Waals surface area (Å²) in [5, 5.41) is 17.0. The van der Waals surface area contributed by atoms with Gasteiger partial charge in [0, 0.05) is 10.9 Å². The fourth-order valence-corrected chi connectivity index (χ4v) is 2.82. The van der Waals surface area contributed by atoms with Crippen molar-refractivity contribution < 1.29 is 4.79 Å². The fraction of sp³-hybridized carbons (Fsp3) is 0.455. The molecule has 0 saturated heterocycles. The number of carbonyl (C=O) groups is 1. The molecule has 0 bridgehead atoms. The summed E-state index contributed by atoms with van der Waals surface area (Å²) in [5.41, 5.74) is 0. The average Bonchev–Trinajstić information content (AvgIpc) is 2.98. The molecule has 6 nitrogen and oxygen atoms in total. The Morgan fingerprint density at radius 3 is 3.11 bits per heavy atom. The van der Waals surface area contributed by atoms with E-state index in [9.17, 15) is 4.79 Å². The maximum absolute atomic E-state index is 11.6. The van der Waals surface area contributed by atoms with E-state index >= 15 is 0 Å². The van der Waals surface area contributed by atoms with Crippen LogP contribution in [0.1, 0.15) is 18.7 Å². The number of amides is 1. The molecule has 0 aliphatic heterocycles. The van der Waals surface area contributed by atoms with Gasteiger partial charge in [0.05, 0.1) is 12.3 Å². The molecule has 0 aliphatic carbocycles. The van der Waals surface area contributed by atoms with Gasteiger partial charge in [-0.2, -0.15) is 0 Å². The van der Waals surface area contributed by atoms with Crippen molar-refractivity contribution in [2.75, 3.05) is 5.75 Å². The highest BCUT2D eigenvalue weighted by molar-refractivity contribution is 7.99. The number of aromatic nitrogens is 4. The number of rotatable bonds is 6. The predicted molar refractivity (Wildman–Crippen MR) is 75.2 cm³/mol. The maximum atomic E-state index is 11.6. The third-order valence-electron chi connectivity index (χ3n) is 2.17. The molecule has 2 aromatic rings. The van der Waals surface area contributed by atoms with Crippen LogP contribution in [0.25, 0.3) is 0 Å². The first-order valence-corrected chi connectivity index (χ1v) is 7.72. The highest BCUT2D eigenvalue weighted by Gasteiger charge is 2.11. The molecule has 102 valence electrons. The zero-order valence-corrected chi connectivity index (χ0v) is 12.4. The molecule has 0 aliphatic rings. The first-order chi connectivity index (χ1) is 9.15. The zero-order valence-electron chi connectivity index (χ0n) is 10.7. The Labute approximate surface area is 119 Å². The smallest absolute Gasteiger partial charge is 0.230 e. The Bertz CT molecular complexity index is 523. The van der Waals surface area contributed by atoms with E-state index in [2.05, 4.69) is 20.8 Å². The van der Waals surface area contributed by atoms with Crippen molar-refractivity contribution >= 4 is 29.0 Å². The Hall–Kier alpha value is -1.41. The summed E-state index contributed by atoms with van der Waals surface area (Å²) >= 11 is 3.00. The lowest BCUT2D eigenvalue weighted by Crippen LogP contribution is -2.31. The largest absolute Gasteiger partial charge is 0.353 e. The minimum absolute atomic E-state index is 0.00864. The topological polar surface area (TPSA) is 72.7 Å². The van der Waals surface area contributed by atoms with Crippen LogP contribution in [0.3, 0.4) is 0 Å². The molecular weight excluding hydrogens is 282 g/mol. The van der Waals surface area contributed by atoms with Gasteiger partial charge in [-0.1, -0.05) is 17.8 Å². The molecule has 1 N–H and O–H groups in total. The molecule has 0 fully saturated rings. The minimum atomic E-state index is -0.00864. The lowest BCUT2D eigenvalue weighted by atomic mass is 10.4. The molecular formula is C11H15N5OS2. The molecule has 0 unspecified atom stereocenters. The minimum Gasteiger partial charge on any atom is -0.353 e. The summed E-state index contributed by atoms with van der Waals surface area (Å²) < 4.78 is 1.71. The van der Waals surface area contributed by atoms with Gasteiger partial charge in [0.25, 0.3) is 0 Å². The van der Waals surface area contributed by atoms with E-state index in [4.69, 9.17) is 0 Å². The monoisotopic (exact) mass is 297 g/mol. The van der Waals surface area contributed by atoms with E-state index in [1.165, 1.54) is 16.6 Å². The van der Waals surface area contributed by atoms with Crippen molar-refractivity contribution in [3.8, 4) is 0 Å². The molecule has 2 aromatic heterocycles. The van der Waals surface area contributed by atoms with Crippen molar-refractivity contribution in [3.05, 3.63) is 22.4 Å². The summed E-state index contributed by atoms with van der Waals surface area (Å²) in [4.78, 5) is 12.8. The van der Waals surface area contributed by atoms with Crippen LogP contribution >= 0.6 is 23.1 Å². The number of nitrogens with one attached hydrogen (secondary N) is 1. The summed E-state index contributed by atoms with van der Waals surface area (Å²) in [6.07, 6.45) is 0. The molecule has 19 heavy (non-hydrogen) atoms. The van der Waals surface area contributed by atoms with Crippen LogP contribution in [-0.2, 0) is 11.3 Å². The Morgan fingerprint density at radius 1 is 1.58 bits per heavy atom. The van der Waals surface area contributed by atoms with E-state index in [1.54, 1.807) is 16.0 Å². The van der Waals surface area contributed by atoms with E-state index in [0.29, 0.717) is 17.5 Å². The number of tetrazole rings is 1. The third-order valence-corrected chi connectivity index (χ3v) is 3.99. The number of thiophene rings is 1. The van der Waals surface area contributed by atoms with Gasteiger partial charge in [-0.25, -0.2) is 4.68 Å². The lowest BCUT2D eigenvalue weighted by molar-refractivity contribution is -0.119. The highest BCUT2D eigenvalue weighted by Crippen LogP contribution is 2.16. The van der Waals surface area contributed by atoms with Crippen LogP contribution in [-0.4, -0.2) is 37.9 Å². The van der Waals surface area contributed by atoms with Crippen LogP contribution in [0.2, 0.25) is 0 Å². The number of thioether (sulfide) groups is 1. The second kappa shape index (κ2) is 6.67. The van der Waals surface area contributed by atoms with Crippen molar-refractivity contribution in [1.82, 2.24) is 25.5 Å². The second-order valence-corrected chi connectivity index (χ2v) is 6.18. The fourth-order valence-electron chi connectivity index (χ4n) is 1.44. The standard InChI is InChI=1S/C11H15N5OS2/c1-8(2)12-10(17)7-19-11-13-14-15-16(11)6-9-4-3-5-18-9/h3-5,8H,6-7H2,1-2H3,(H,12,17). The summed E-state index contributed by atoms with van der Waals surface area (Å²) in [7, 11) is 0. The number of hydrogen-bond acceptors (Lipinski definition) is 6. The first kappa shape index (κ1) is 14.0. The van der Waals surface area contributed by atoms with Gasteiger partial charge in [-0.05, 0) is 35.7 Å². The van der Waals surface area contributed by atoms with E-state index < -0.39 is 0 Å². The predicted octanol–water partition coefficient (Wildman–Crippen LogP) is 1.40. The van der Waals surface area contributed by atoms with Gasteiger partial charge in [0.15, 0.2) is 0 Å². The Morgan fingerprint density at radius 2 is 2.42 bits per heavy atom. The molecule has 2 heterocycles. The Balaban J connectivity index is 1.91.